The normalized spacial score (nSPS) is 15.6. The van der Waals surface area contributed by atoms with E-state index in [0.29, 0.717) is 0 Å². The van der Waals surface area contributed by atoms with E-state index in [2.05, 4.69) is 20.8 Å². The molecule has 0 atom stereocenters. The first-order valence-corrected chi connectivity index (χ1v) is 6.47. The Kier molecular flexibility index (Phi) is 3.22. The maximum absolute atomic E-state index is 12.0. The Balaban J connectivity index is 1.67. The van der Waals surface area contributed by atoms with Crippen LogP contribution in [0.15, 0.2) is 30.6 Å². The second-order valence-corrected chi connectivity index (χ2v) is 4.77. The van der Waals surface area contributed by atoms with Crippen molar-refractivity contribution in [1.82, 2.24) is 20.2 Å². The molecule has 0 unspecified atom stereocenters. The molecule has 2 aromatic rings. The molecule has 1 aliphatic carbocycles. The summed E-state index contributed by atoms with van der Waals surface area (Å²) in [6.07, 6.45) is 5.88. The number of nitrogens with zero attached hydrogens (tertiary/aromatic N) is 4. The van der Waals surface area contributed by atoms with E-state index in [9.17, 15) is 4.79 Å². The molecule has 1 aromatic heterocycles. The smallest absolute Gasteiger partial charge is 0.227 e. The second kappa shape index (κ2) is 5.17. The third kappa shape index (κ3) is 2.62. The van der Waals surface area contributed by atoms with Gasteiger partial charge in [-0.05, 0) is 47.5 Å². The molecule has 0 saturated heterocycles. The number of hydrogen-bond acceptors (Lipinski definition) is 4. The number of tetrazole rings is 1. The minimum absolute atomic E-state index is 0.132. The van der Waals surface area contributed by atoms with Crippen molar-refractivity contribution in [2.24, 2.45) is 5.92 Å². The van der Waals surface area contributed by atoms with Gasteiger partial charge in [-0.15, -0.1) is 5.10 Å². The van der Waals surface area contributed by atoms with Crippen LogP contribution in [0.3, 0.4) is 0 Å². The van der Waals surface area contributed by atoms with Gasteiger partial charge < -0.3 is 5.32 Å². The fourth-order valence-corrected chi connectivity index (χ4v) is 2.41. The Bertz CT molecular complexity index is 543. The number of anilines is 1. The third-order valence-electron chi connectivity index (χ3n) is 3.47. The van der Waals surface area contributed by atoms with Crippen molar-refractivity contribution in [3.63, 3.8) is 0 Å². The van der Waals surface area contributed by atoms with Crippen molar-refractivity contribution in [2.45, 2.75) is 25.7 Å². The summed E-state index contributed by atoms with van der Waals surface area (Å²) in [6, 6.07) is 7.48. The molecular weight excluding hydrogens is 242 g/mol. The lowest BCUT2D eigenvalue weighted by Gasteiger charge is -2.10. The maximum atomic E-state index is 12.0. The van der Waals surface area contributed by atoms with Gasteiger partial charge in [-0.2, -0.15) is 0 Å². The molecule has 98 valence electrons. The van der Waals surface area contributed by atoms with Gasteiger partial charge in [0.05, 0.1) is 5.69 Å². The molecule has 1 heterocycles. The lowest BCUT2D eigenvalue weighted by molar-refractivity contribution is -0.119. The van der Waals surface area contributed by atoms with Gasteiger partial charge >= 0.3 is 0 Å². The van der Waals surface area contributed by atoms with Gasteiger partial charge in [0.15, 0.2) is 0 Å². The molecule has 1 fully saturated rings. The van der Waals surface area contributed by atoms with Crippen molar-refractivity contribution in [3.8, 4) is 5.69 Å². The number of hydrogen-bond donors (Lipinski definition) is 1. The quantitative estimate of drug-likeness (QED) is 0.909. The fraction of sp³-hybridized carbons (Fsp3) is 0.385. The highest BCUT2D eigenvalue weighted by molar-refractivity contribution is 5.92. The zero-order valence-electron chi connectivity index (χ0n) is 10.5. The number of rotatable bonds is 3. The van der Waals surface area contributed by atoms with Crippen molar-refractivity contribution in [1.29, 1.82) is 0 Å². The zero-order valence-corrected chi connectivity index (χ0v) is 10.5. The van der Waals surface area contributed by atoms with Gasteiger partial charge in [0, 0.05) is 11.6 Å². The van der Waals surface area contributed by atoms with Crippen LogP contribution in [0.5, 0.6) is 0 Å². The topological polar surface area (TPSA) is 72.7 Å². The van der Waals surface area contributed by atoms with E-state index in [4.69, 9.17) is 0 Å². The number of amides is 1. The summed E-state index contributed by atoms with van der Waals surface area (Å²) >= 11 is 0. The first kappa shape index (κ1) is 11.8. The maximum Gasteiger partial charge on any atom is 0.227 e. The highest BCUT2D eigenvalue weighted by Crippen LogP contribution is 2.26. The molecule has 0 radical (unpaired) electrons. The average molecular weight is 257 g/mol. The van der Waals surface area contributed by atoms with E-state index in [1.54, 1.807) is 4.68 Å². The lowest BCUT2D eigenvalue weighted by Crippen LogP contribution is -2.20. The summed E-state index contributed by atoms with van der Waals surface area (Å²) in [4.78, 5) is 12.0. The molecule has 0 bridgehead atoms. The second-order valence-electron chi connectivity index (χ2n) is 4.77. The Labute approximate surface area is 110 Å². The lowest BCUT2D eigenvalue weighted by atomic mass is 10.1. The van der Waals surface area contributed by atoms with Gasteiger partial charge in [-0.25, -0.2) is 4.68 Å². The molecule has 1 aromatic carbocycles. The molecule has 1 aliphatic rings. The number of nitrogens with one attached hydrogen (secondary N) is 1. The van der Waals surface area contributed by atoms with Crippen LogP contribution < -0.4 is 5.32 Å². The number of carbonyl (C=O) groups is 1. The summed E-state index contributed by atoms with van der Waals surface area (Å²) in [5, 5.41) is 13.9. The molecular formula is C13H15N5O. The van der Waals surface area contributed by atoms with E-state index in [0.717, 1.165) is 37.1 Å². The molecule has 19 heavy (non-hydrogen) atoms. The van der Waals surface area contributed by atoms with E-state index < -0.39 is 0 Å². The largest absolute Gasteiger partial charge is 0.326 e. The van der Waals surface area contributed by atoms with Crippen LogP contribution in [0.4, 0.5) is 5.69 Å². The van der Waals surface area contributed by atoms with Crippen LogP contribution in [-0.2, 0) is 4.79 Å². The molecule has 6 heteroatoms. The molecule has 0 spiro atoms. The number of benzene rings is 1. The highest BCUT2D eigenvalue weighted by Gasteiger charge is 2.22. The van der Waals surface area contributed by atoms with Crippen LogP contribution >= 0.6 is 0 Å². The van der Waals surface area contributed by atoms with E-state index in [1.165, 1.54) is 6.33 Å². The van der Waals surface area contributed by atoms with Crippen LogP contribution in [-0.4, -0.2) is 26.1 Å². The van der Waals surface area contributed by atoms with Crippen LogP contribution in [0.1, 0.15) is 25.7 Å². The van der Waals surface area contributed by atoms with Gasteiger partial charge in [0.2, 0.25) is 5.91 Å². The van der Waals surface area contributed by atoms with Gasteiger partial charge in [0.1, 0.15) is 6.33 Å². The van der Waals surface area contributed by atoms with E-state index in [-0.39, 0.29) is 11.8 Å². The van der Waals surface area contributed by atoms with Gasteiger partial charge in [0.25, 0.3) is 0 Å². The van der Waals surface area contributed by atoms with Crippen LogP contribution in [0.25, 0.3) is 5.69 Å². The number of carbonyl (C=O) groups excluding carboxylic acids is 1. The summed E-state index contributed by atoms with van der Waals surface area (Å²) in [7, 11) is 0. The minimum Gasteiger partial charge on any atom is -0.326 e. The van der Waals surface area contributed by atoms with Crippen LogP contribution in [0.2, 0.25) is 0 Å². The Morgan fingerprint density at radius 2 is 1.95 bits per heavy atom. The summed E-state index contributed by atoms with van der Waals surface area (Å²) in [5.41, 5.74) is 1.68. The molecule has 3 rings (SSSR count). The van der Waals surface area contributed by atoms with Crippen molar-refractivity contribution in [2.75, 3.05) is 5.32 Å². The predicted octanol–water partition coefficient (Wildman–Crippen LogP) is 1.79. The standard InChI is InChI=1S/C13H15N5O/c19-13(10-3-1-2-4-10)15-11-5-7-12(8-6-11)18-9-14-16-17-18/h5-10H,1-4H2,(H,15,19). The Morgan fingerprint density at radius 3 is 2.58 bits per heavy atom. The molecule has 1 saturated carbocycles. The van der Waals surface area contributed by atoms with Gasteiger partial charge in [-0.3, -0.25) is 4.79 Å². The predicted molar refractivity (Wildman–Crippen MR) is 69.7 cm³/mol. The highest BCUT2D eigenvalue weighted by atomic mass is 16.1. The summed E-state index contributed by atoms with van der Waals surface area (Å²) < 4.78 is 1.57. The van der Waals surface area contributed by atoms with Crippen molar-refractivity contribution in [3.05, 3.63) is 30.6 Å². The van der Waals surface area contributed by atoms with E-state index >= 15 is 0 Å². The average Bonchev–Trinajstić information content (AvgIpc) is 3.13. The third-order valence-corrected chi connectivity index (χ3v) is 3.47. The van der Waals surface area contributed by atoms with Crippen molar-refractivity contribution >= 4 is 11.6 Å². The van der Waals surface area contributed by atoms with Gasteiger partial charge in [-0.1, -0.05) is 12.8 Å². The molecule has 6 nitrogen and oxygen atoms in total. The zero-order chi connectivity index (χ0) is 13.1. The van der Waals surface area contributed by atoms with E-state index in [1.807, 2.05) is 24.3 Å². The number of aromatic nitrogens is 4. The molecule has 1 N–H and O–H groups in total. The molecule has 0 aliphatic heterocycles. The SMILES string of the molecule is O=C(Nc1ccc(-n2cnnn2)cc1)C1CCCC1. The Morgan fingerprint density at radius 1 is 1.21 bits per heavy atom. The first-order valence-electron chi connectivity index (χ1n) is 6.47. The van der Waals surface area contributed by atoms with Crippen LogP contribution in [0, 0.1) is 5.92 Å². The fourth-order valence-electron chi connectivity index (χ4n) is 2.41. The van der Waals surface area contributed by atoms with Crippen molar-refractivity contribution < 1.29 is 4.79 Å². The Hall–Kier alpha value is -2.24. The monoisotopic (exact) mass is 257 g/mol. The summed E-state index contributed by atoms with van der Waals surface area (Å²) in [6.45, 7) is 0. The first-order chi connectivity index (χ1) is 9.33. The molecule has 1 amide bonds. The summed E-state index contributed by atoms with van der Waals surface area (Å²) in [5.74, 6) is 0.312. The minimum atomic E-state index is 0.132.